The minimum atomic E-state index is -0.0781. The molecule has 0 saturated carbocycles. The lowest BCUT2D eigenvalue weighted by atomic mass is 10.0. The van der Waals surface area contributed by atoms with E-state index in [0.29, 0.717) is 6.54 Å². The van der Waals surface area contributed by atoms with E-state index in [0.717, 1.165) is 16.8 Å². The van der Waals surface area contributed by atoms with E-state index in [1.807, 2.05) is 19.9 Å². The van der Waals surface area contributed by atoms with Crippen LogP contribution in [0.1, 0.15) is 31.2 Å². The van der Waals surface area contributed by atoms with Gasteiger partial charge in [-0.3, -0.25) is 9.69 Å². The molecule has 3 unspecified atom stereocenters. The first kappa shape index (κ1) is 15.0. The van der Waals surface area contributed by atoms with Crippen molar-refractivity contribution >= 4 is 33.2 Å². The zero-order valence-corrected chi connectivity index (χ0v) is 13.6. The van der Waals surface area contributed by atoms with Gasteiger partial charge in [-0.2, -0.15) is 0 Å². The van der Waals surface area contributed by atoms with Crippen molar-refractivity contribution in [1.82, 2.24) is 10.2 Å². The van der Waals surface area contributed by atoms with Gasteiger partial charge in [0.1, 0.15) is 0 Å². The highest BCUT2D eigenvalue weighted by molar-refractivity contribution is 9.11. The number of hydrogen-bond donors (Lipinski definition) is 2. The van der Waals surface area contributed by atoms with Crippen LogP contribution in [0.25, 0.3) is 0 Å². The van der Waals surface area contributed by atoms with Gasteiger partial charge in [0, 0.05) is 24.0 Å². The Labute approximate surface area is 126 Å². The van der Waals surface area contributed by atoms with E-state index < -0.39 is 0 Å². The second-order valence-electron chi connectivity index (χ2n) is 4.90. The molecule has 106 valence electrons. The number of thiophene rings is 1. The Morgan fingerprint density at radius 3 is 2.89 bits per heavy atom. The molecule has 0 spiro atoms. The van der Waals surface area contributed by atoms with E-state index in [1.165, 1.54) is 4.88 Å². The average Bonchev–Trinajstić information content (AvgIpc) is 2.76. The summed E-state index contributed by atoms with van der Waals surface area (Å²) in [6.07, 6.45) is 0.807. The summed E-state index contributed by atoms with van der Waals surface area (Å²) in [6.45, 7) is 5.61. The highest BCUT2D eigenvalue weighted by Gasteiger charge is 2.36. The summed E-state index contributed by atoms with van der Waals surface area (Å²) in [5.41, 5.74) is 6.19. The fourth-order valence-electron chi connectivity index (χ4n) is 2.70. The van der Waals surface area contributed by atoms with Crippen LogP contribution in [0.4, 0.5) is 0 Å². The van der Waals surface area contributed by atoms with Gasteiger partial charge in [0.05, 0.1) is 15.9 Å². The summed E-state index contributed by atoms with van der Waals surface area (Å²) in [4.78, 5) is 15.5. The summed E-state index contributed by atoms with van der Waals surface area (Å²) >= 11 is 5.19. The van der Waals surface area contributed by atoms with Gasteiger partial charge in [0.25, 0.3) is 0 Å². The summed E-state index contributed by atoms with van der Waals surface area (Å²) in [7, 11) is 0. The Morgan fingerprint density at radius 1 is 1.63 bits per heavy atom. The number of nitrogens with zero attached hydrogens (tertiary/aromatic N) is 1. The maximum absolute atomic E-state index is 12.0. The van der Waals surface area contributed by atoms with E-state index in [1.54, 1.807) is 11.3 Å². The van der Waals surface area contributed by atoms with Gasteiger partial charge in [0.15, 0.2) is 0 Å². The smallest absolute Gasteiger partial charge is 0.237 e. The molecular weight excluding hydrogens is 326 g/mol. The largest absolute Gasteiger partial charge is 0.353 e. The zero-order valence-electron chi connectivity index (χ0n) is 11.2. The van der Waals surface area contributed by atoms with Crippen molar-refractivity contribution in [2.24, 2.45) is 5.73 Å². The summed E-state index contributed by atoms with van der Waals surface area (Å²) in [6, 6.07) is 4.16. The molecule has 2 heterocycles. The molecule has 3 atom stereocenters. The van der Waals surface area contributed by atoms with Crippen LogP contribution in [-0.2, 0) is 4.79 Å². The minimum Gasteiger partial charge on any atom is -0.353 e. The lowest BCUT2D eigenvalue weighted by Gasteiger charge is -2.41. The number of nitrogens with one attached hydrogen (secondary N) is 1. The predicted octanol–water partition coefficient (Wildman–Crippen LogP) is 2.11. The number of carbonyl (C=O) groups is 1. The predicted molar refractivity (Wildman–Crippen MR) is 82.2 cm³/mol. The van der Waals surface area contributed by atoms with E-state index in [-0.39, 0.29) is 24.0 Å². The SMILES string of the molecule is CCC1C(=O)NCCN1C(c1ccc(Br)s1)C(C)N. The first-order valence-electron chi connectivity index (χ1n) is 6.58. The second kappa shape index (κ2) is 6.35. The molecule has 0 aliphatic carbocycles. The number of nitrogens with two attached hydrogens (primary N) is 1. The number of carbonyl (C=O) groups excluding carboxylic acids is 1. The molecule has 4 nitrogen and oxygen atoms in total. The van der Waals surface area contributed by atoms with Gasteiger partial charge >= 0.3 is 0 Å². The lowest BCUT2D eigenvalue weighted by Crippen LogP contribution is -2.58. The van der Waals surface area contributed by atoms with E-state index in [9.17, 15) is 4.79 Å². The van der Waals surface area contributed by atoms with Crippen molar-refractivity contribution in [2.45, 2.75) is 38.4 Å². The average molecular weight is 346 g/mol. The van der Waals surface area contributed by atoms with Crippen molar-refractivity contribution < 1.29 is 4.79 Å². The fourth-order valence-corrected chi connectivity index (χ4v) is 4.36. The Bertz CT molecular complexity index is 449. The molecule has 1 amide bonds. The van der Waals surface area contributed by atoms with Crippen LogP contribution in [0.3, 0.4) is 0 Å². The van der Waals surface area contributed by atoms with E-state index in [2.05, 4.69) is 32.2 Å². The standard InChI is InChI=1S/C13H20BrN3OS/c1-3-9-13(18)16-6-7-17(9)12(8(2)15)10-4-5-11(14)19-10/h4-5,8-9,12H,3,6-7,15H2,1-2H3,(H,16,18). The Balaban J connectivity index is 2.30. The molecule has 1 fully saturated rings. The zero-order chi connectivity index (χ0) is 14.0. The first-order valence-corrected chi connectivity index (χ1v) is 8.19. The normalized spacial score (nSPS) is 24.0. The van der Waals surface area contributed by atoms with E-state index >= 15 is 0 Å². The lowest BCUT2D eigenvalue weighted by molar-refractivity contribution is -0.130. The monoisotopic (exact) mass is 345 g/mol. The molecule has 6 heteroatoms. The van der Waals surface area contributed by atoms with Crippen molar-refractivity contribution in [3.05, 3.63) is 20.8 Å². The van der Waals surface area contributed by atoms with Crippen LogP contribution in [0, 0.1) is 0 Å². The molecular formula is C13H20BrN3OS. The number of hydrogen-bond acceptors (Lipinski definition) is 4. The van der Waals surface area contributed by atoms with Crippen LogP contribution in [0.2, 0.25) is 0 Å². The van der Waals surface area contributed by atoms with Gasteiger partial charge in [-0.05, 0) is 41.4 Å². The maximum atomic E-state index is 12.0. The van der Waals surface area contributed by atoms with Gasteiger partial charge in [-0.25, -0.2) is 0 Å². The molecule has 1 aliphatic heterocycles. The van der Waals surface area contributed by atoms with Crippen LogP contribution >= 0.6 is 27.3 Å². The molecule has 1 aliphatic rings. The highest BCUT2D eigenvalue weighted by Crippen LogP contribution is 2.34. The Hall–Kier alpha value is -0.430. The molecule has 0 aromatic carbocycles. The summed E-state index contributed by atoms with van der Waals surface area (Å²) in [5.74, 6) is 0.120. The van der Waals surface area contributed by atoms with Gasteiger partial charge in [-0.1, -0.05) is 6.92 Å². The quantitative estimate of drug-likeness (QED) is 0.878. The number of halogens is 1. The molecule has 19 heavy (non-hydrogen) atoms. The van der Waals surface area contributed by atoms with Crippen molar-refractivity contribution in [2.75, 3.05) is 13.1 Å². The summed E-state index contributed by atoms with van der Waals surface area (Å²) in [5, 5.41) is 2.94. The van der Waals surface area contributed by atoms with Crippen molar-refractivity contribution in [3.63, 3.8) is 0 Å². The minimum absolute atomic E-state index is 0.00880. The second-order valence-corrected chi connectivity index (χ2v) is 7.39. The molecule has 3 N–H and O–H groups in total. The summed E-state index contributed by atoms with van der Waals surface area (Å²) < 4.78 is 1.10. The Morgan fingerprint density at radius 2 is 2.37 bits per heavy atom. The van der Waals surface area contributed by atoms with Crippen molar-refractivity contribution in [1.29, 1.82) is 0 Å². The van der Waals surface area contributed by atoms with Gasteiger partial charge in [-0.15, -0.1) is 11.3 Å². The molecule has 1 aromatic rings. The molecule has 1 aromatic heterocycles. The van der Waals surface area contributed by atoms with Gasteiger partial charge in [0.2, 0.25) is 5.91 Å². The van der Waals surface area contributed by atoms with Crippen LogP contribution in [0.15, 0.2) is 15.9 Å². The number of amides is 1. The van der Waals surface area contributed by atoms with Crippen LogP contribution in [-0.4, -0.2) is 36.0 Å². The first-order chi connectivity index (χ1) is 9.04. The number of rotatable bonds is 4. The third-order valence-corrected chi connectivity index (χ3v) is 5.19. The third kappa shape index (κ3) is 3.18. The number of piperazine rings is 1. The highest BCUT2D eigenvalue weighted by atomic mass is 79.9. The van der Waals surface area contributed by atoms with Crippen LogP contribution in [0.5, 0.6) is 0 Å². The Kier molecular flexibility index (Phi) is 5.00. The topological polar surface area (TPSA) is 58.4 Å². The van der Waals surface area contributed by atoms with E-state index in [4.69, 9.17) is 5.73 Å². The fraction of sp³-hybridized carbons (Fsp3) is 0.615. The molecule has 0 radical (unpaired) electrons. The van der Waals surface area contributed by atoms with Crippen LogP contribution < -0.4 is 11.1 Å². The molecule has 1 saturated heterocycles. The molecule has 0 bridgehead atoms. The van der Waals surface area contributed by atoms with Gasteiger partial charge < -0.3 is 11.1 Å². The van der Waals surface area contributed by atoms with Crippen molar-refractivity contribution in [3.8, 4) is 0 Å². The third-order valence-electron chi connectivity index (χ3n) is 3.50. The molecule has 2 rings (SSSR count). The maximum Gasteiger partial charge on any atom is 0.237 e.